The van der Waals surface area contributed by atoms with Crippen molar-refractivity contribution >= 4 is 17.4 Å². The SMILES string of the molecule is O=C(NCCc1nnc2ccc(NCCO)nn12)c1ccccc1F. The van der Waals surface area contributed by atoms with E-state index in [0.717, 1.165) is 0 Å². The number of hydrogen-bond donors (Lipinski definition) is 3. The lowest BCUT2D eigenvalue weighted by Crippen LogP contribution is -2.27. The predicted octanol–water partition coefficient (Wildman–Crippen LogP) is 0.640. The number of hydrogen-bond acceptors (Lipinski definition) is 6. The average Bonchev–Trinajstić information content (AvgIpc) is 3.02. The number of benzene rings is 1. The average molecular weight is 344 g/mol. The van der Waals surface area contributed by atoms with Gasteiger partial charge in [-0.3, -0.25) is 4.79 Å². The summed E-state index contributed by atoms with van der Waals surface area (Å²) in [6.07, 6.45) is 0.387. The molecule has 1 aromatic carbocycles. The fourth-order valence-electron chi connectivity index (χ4n) is 2.30. The second-order valence-corrected chi connectivity index (χ2v) is 5.24. The van der Waals surface area contributed by atoms with Crippen LogP contribution in [0.3, 0.4) is 0 Å². The molecule has 3 rings (SSSR count). The number of rotatable bonds is 7. The zero-order valence-electron chi connectivity index (χ0n) is 13.3. The summed E-state index contributed by atoms with van der Waals surface area (Å²) < 4.78 is 15.1. The van der Waals surface area contributed by atoms with Crippen molar-refractivity contribution in [3.8, 4) is 0 Å². The van der Waals surface area contributed by atoms with E-state index < -0.39 is 11.7 Å². The van der Waals surface area contributed by atoms with Crippen LogP contribution in [0.15, 0.2) is 36.4 Å². The number of aliphatic hydroxyl groups excluding tert-OH is 1. The summed E-state index contributed by atoms with van der Waals surface area (Å²) in [5.74, 6) is 0.105. The van der Waals surface area contributed by atoms with Gasteiger partial charge in [0.25, 0.3) is 5.91 Å². The molecule has 2 heterocycles. The van der Waals surface area contributed by atoms with Crippen molar-refractivity contribution in [1.82, 2.24) is 25.1 Å². The van der Waals surface area contributed by atoms with Gasteiger partial charge in [0.1, 0.15) is 11.6 Å². The van der Waals surface area contributed by atoms with Crippen molar-refractivity contribution in [2.24, 2.45) is 0 Å². The van der Waals surface area contributed by atoms with Gasteiger partial charge in [-0.25, -0.2) is 4.39 Å². The van der Waals surface area contributed by atoms with Gasteiger partial charge < -0.3 is 15.7 Å². The Hall–Kier alpha value is -3.07. The molecule has 2 aromatic heterocycles. The normalized spacial score (nSPS) is 10.8. The zero-order valence-corrected chi connectivity index (χ0v) is 13.3. The summed E-state index contributed by atoms with van der Waals surface area (Å²) in [6.45, 7) is 0.648. The zero-order chi connectivity index (χ0) is 17.6. The van der Waals surface area contributed by atoms with Crippen LogP contribution in [0.4, 0.5) is 10.2 Å². The molecule has 8 nitrogen and oxygen atoms in total. The quantitative estimate of drug-likeness (QED) is 0.581. The minimum Gasteiger partial charge on any atom is -0.395 e. The smallest absolute Gasteiger partial charge is 0.254 e. The van der Waals surface area contributed by atoms with Gasteiger partial charge in [-0.15, -0.1) is 15.3 Å². The van der Waals surface area contributed by atoms with Crippen LogP contribution in [0.2, 0.25) is 0 Å². The maximum atomic E-state index is 13.6. The number of nitrogens with zero attached hydrogens (tertiary/aromatic N) is 4. The van der Waals surface area contributed by atoms with Crippen molar-refractivity contribution in [2.75, 3.05) is 25.0 Å². The molecule has 0 saturated carbocycles. The van der Waals surface area contributed by atoms with E-state index in [4.69, 9.17) is 5.11 Å². The lowest BCUT2D eigenvalue weighted by atomic mass is 10.2. The van der Waals surface area contributed by atoms with Crippen LogP contribution >= 0.6 is 0 Å². The van der Waals surface area contributed by atoms with E-state index in [2.05, 4.69) is 25.9 Å². The molecule has 0 fully saturated rings. The van der Waals surface area contributed by atoms with E-state index in [9.17, 15) is 9.18 Å². The lowest BCUT2D eigenvalue weighted by Gasteiger charge is -2.06. The minimum atomic E-state index is -0.561. The van der Waals surface area contributed by atoms with Crippen LogP contribution in [-0.4, -0.2) is 50.5 Å². The highest BCUT2D eigenvalue weighted by atomic mass is 19.1. The number of anilines is 1. The number of aromatic nitrogens is 4. The minimum absolute atomic E-state index is 0.00205. The van der Waals surface area contributed by atoms with Crippen LogP contribution in [0, 0.1) is 5.82 Å². The lowest BCUT2D eigenvalue weighted by molar-refractivity contribution is 0.0950. The van der Waals surface area contributed by atoms with E-state index in [1.807, 2.05) is 0 Å². The van der Waals surface area contributed by atoms with Gasteiger partial charge in [0, 0.05) is 19.5 Å². The Labute approximate surface area is 142 Å². The number of aliphatic hydroxyl groups is 1. The Balaban J connectivity index is 1.65. The Morgan fingerprint density at radius 3 is 2.80 bits per heavy atom. The third-order valence-electron chi connectivity index (χ3n) is 3.50. The number of fused-ring (bicyclic) bond motifs is 1. The number of halogens is 1. The van der Waals surface area contributed by atoms with E-state index in [1.54, 1.807) is 22.7 Å². The molecule has 0 aliphatic rings. The Morgan fingerprint density at radius 2 is 2.00 bits per heavy atom. The van der Waals surface area contributed by atoms with Gasteiger partial charge in [0.2, 0.25) is 0 Å². The van der Waals surface area contributed by atoms with Gasteiger partial charge in [-0.05, 0) is 24.3 Å². The molecule has 0 aliphatic heterocycles. The molecule has 0 aliphatic carbocycles. The summed E-state index contributed by atoms with van der Waals surface area (Å²) in [5.41, 5.74) is 0.576. The molecule has 0 radical (unpaired) electrons. The van der Waals surface area contributed by atoms with Gasteiger partial charge in [-0.2, -0.15) is 4.52 Å². The first-order valence-electron chi connectivity index (χ1n) is 7.78. The van der Waals surface area contributed by atoms with E-state index in [0.29, 0.717) is 30.3 Å². The van der Waals surface area contributed by atoms with Crippen LogP contribution in [0.5, 0.6) is 0 Å². The van der Waals surface area contributed by atoms with Crippen molar-refractivity contribution < 1.29 is 14.3 Å². The molecule has 0 spiro atoms. The second kappa shape index (κ2) is 7.67. The highest BCUT2D eigenvalue weighted by Crippen LogP contribution is 2.08. The third-order valence-corrected chi connectivity index (χ3v) is 3.50. The maximum Gasteiger partial charge on any atom is 0.254 e. The third kappa shape index (κ3) is 3.89. The van der Waals surface area contributed by atoms with Gasteiger partial charge >= 0.3 is 0 Å². The second-order valence-electron chi connectivity index (χ2n) is 5.24. The summed E-state index contributed by atoms with van der Waals surface area (Å²) in [4.78, 5) is 12.0. The highest BCUT2D eigenvalue weighted by Gasteiger charge is 2.12. The monoisotopic (exact) mass is 344 g/mol. The van der Waals surface area contributed by atoms with Crippen LogP contribution in [-0.2, 0) is 6.42 Å². The van der Waals surface area contributed by atoms with Crippen molar-refractivity contribution in [3.05, 3.63) is 53.6 Å². The van der Waals surface area contributed by atoms with Gasteiger partial charge in [-0.1, -0.05) is 12.1 Å². The number of carbonyl (C=O) groups excluding carboxylic acids is 1. The van der Waals surface area contributed by atoms with Crippen LogP contribution in [0.1, 0.15) is 16.2 Å². The number of carbonyl (C=O) groups is 1. The summed E-state index contributed by atoms with van der Waals surface area (Å²) >= 11 is 0. The highest BCUT2D eigenvalue weighted by molar-refractivity contribution is 5.94. The topological polar surface area (TPSA) is 104 Å². The number of amides is 1. The largest absolute Gasteiger partial charge is 0.395 e. The molecule has 1 amide bonds. The fourth-order valence-corrected chi connectivity index (χ4v) is 2.30. The number of nitrogens with one attached hydrogen (secondary N) is 2. The molecule has 3 N–H and O–H groups in total. The molecule has 3 aromatic rings. The summed E-state index contributed by atoms with van der Waals surface area (Å²) in [6, 6.07) is 9.30. The molecule has 0 bridgehead atoms. The van der Waals surface area contributed by atoms with Crippen molar-refractivity contribution in [1.29, 1.82) is 0 Å². The maximum absolute atomic E-state index is 13.6. The Morgan fingerprint density at radius 1 is 1.16 bits per heavy atom. The molecule has 9 heteroatoms. The first kappa shape index (κ1) is 16.8. The molecule has 0 atom stereocenters. The molecule has 130 valence electrons. The van der Waals surface area contributed by atoms with Crippen LogP contribution < -0.4 is 10.6 Å². The standard InChI is InChI=1S/C16H17FN6O2/c17-12-4-2-1-3-11(12)16(25)19-8-7-15-21-20-14-6-5-13(18-9-10-24)22-23(14)15/h1-6,24H,7-10H2,(H,18,22)(H,19,25). The molecular formula is C16H17FN6O2. The van der Waals surface area contributed by atoms with E-state index in [-0.39, 0.29) is 18.7 Å². The summed E-state index contributed by atoms with van der Waals surface area (Å²) in [7, 11) is 0. The van der Waals surface area contributed by atoms with Gasteiger partial charge in [0.15, 0.2) is 11.5 Å². The van der Waals surface area contributed by atoms with Crippen molar-refractivity contribution in [2.45, 2.75) is 6.42 Å². The van der Waals surface area contributed by atoms with E-state index >= 15 is 0 Å². The first-order valence-corrected chi connectivity index (χ1v) is 7.78. The van der Waals surface area contributed by atoms with E-state index in [1.165, 1.54) is 18.2 Å². The fraction of sp³-hybridized carbons (Fsp3) is 0.250. The molecular weight excluding hydrogens is 327 g/mol. The summed E-state index contributed by atoms with van der Waals surface area (Å²) in [5, 5.41) is 26.9. The molecule has 25 heavy (non-hydrogen) atoms. The van der Waals surface area contributed by atoms with Crippen molar-refractivity contribution in [3.63, 3.8) is 0 Å². The predicted molar refractivity (Wildman–Crippen MR) is 88.8 cm³/mol. The Bertz CT molecular complexity index is 882. The van der Waals surface area contributed by atoms with Gasteiger partial charge in [0.05, 0.1) is 12.2 Å². The molecule has 0 saturated heterocycles. The Kier molecular flexibility index (Phi) is 5.14. The van der Waals surface area contributed by atoms with Crippen LogP contribution in [0.25, 0.3) is 5.65 Å². The first-order chi connectivity index (χ1) is 12.2. The molecule has 0 unspecified atom stereocenters.